The van der Waals surface area contributed by atoms with Gasteiger partial charge in [0, 0.05) is 24.2 Å². The molecule has 2 aliphatic carbocycles. The lowest BCUT2D eigenvalue weighted by atomic mass is 9.91. The number of nitrogens with zero attached hydrogens (tertiary/aromatic N) is 2. The second-order valence-corrected chi connectivity index (χ2v) is 9.45. The van der Waals surface area contributed by atoms with Gasteiger partial charge in [-0.25, -0.2) is 4.98 Å². The van der Waals surface area contributed by atoms with E-state index in [-0.39, 0.29) is 18.0 Å². The van der Waals surface area contributed by atoms with Crippen LogP contribution in [0.15, 0.2) is 35.3 Å². The number of carbonyl (C=O) groups excluding carboxylic acids is 1. The summed E-state index contributed by atoms with van der Waals surface area (Å²) in [7, 11) is 0. The Hall–Kier alpha value is -2.48. The molecule has 1 amide bonds. The molecule has 2 fully saturated rings. The molecule has 166 valence electrons. The summed E-state index contributed by atoms with van der Waals surface area (Å²) in [6, 6.07) is 7.41. The fraction of sp³-hybridized carbons (Fsp3) is 0.522. The van der Waals surface area contributed by atoms with Crippen molar-refractivity contribution >= 4 is 29.4 Å². The van der Waals surface area contributed by atoms with Crippen molar-refractivity contribution in [2.24, 2.45) is 5.92 Å². The molecule has 2 heterocycles. The van der Waals surface area contributed by atoms with Crippen molar-refractivity contribution in [3.63, 3.8) is 0 Å². The van der Waals surface area contributed by atoms with Crippen molar-refractivity contribution in [3.05, 3.63) is 52.1 Å². The molecule has 4 N–H and O–H groups in total. The van der Waals surface area contributed by atoms with Gasteiger partial charge < -0.3 is 20.3 Å². The van der Waals surface area contributed by atoms with Gasteiger partial charge in [0.1, 0.15) is 18.1 Å². The molecule has 7 nitrogen and oxygen atoms in total. The third kappa shape index (κ3) is 6.03. The number of rotatable bonds is 9. The average molecular weight is 442 g/mol. The van der Waals surface area contributed by atoms with Crippen LogP contribution in [0.4, 0.5) is 11.5 Å². The van der Waals surface area contributed by atoms with Crippen LogP contribution in [-0.2, 0) is 17.9 Å². The number of carbonyl (C=O) groups is 1. The first-order chi connectivity index (χ1) is 15.1. The molecule has 0 radical (unpaired) electrons. The molecule has 4 rings (SSSR count). The number of hydrogen-bond donors (Lipinski definition) is 3. The topological polar surface area (TPSA) is 102 Å². The third-order valence-electron chi connectivity index (χ3n) is 6.07. The van der Waals surface area contributed by atoms with Gasteiger partial charge in [-0.1, -0.05) is 37.3 Å². The van der Waals surface area contributed by atoms with Gasteiger partial charge in [0.25, 0.3) is 5.56 Å². The van der Waals surface area contributed by atoms with Gasteiger partial charge >= 0.3 is 0 Å². The first-order valence-electron chi connectivity index (χ1n) is 11.2. The minimum absolute atomic E-state index is 0.0237. The first-order valence-corrected chi connectivity index (χ1v) is 12.2. The largest absolute Gasteiger partial charge is 0.384 e. The summed E-state index contributed by atoms with van der Waals surface area (Å²) in [5.41, 5.74) is 7.86. The molecule has 2 saturated carbocycles. The normalized spacial score (nSPS) is 16.8. The van der Waals surface area contributed by atoms with Crippen LogP contribution >= 0.6 is 11.9 Å². The minimum atomic E-state index is -0.187. The van der Waals surface area contributed by atoms with Crippen molar-refractivity contribution in [2.45, 2.75) is 64.0 Å². The lowest BCUT2D eigenvalue weighted by Crippen LogP contribution is -2.34. The summed E-state index contributed by atoms with van der Waals surface area (Å²) in [5, 5.41) is 2.88. The number of pyridine rings is 2. The summed E-state index contributed by atoms with van der Waals surface area (Å²) in [5.74, 6) is 2.38. The number of amides is 1. The molecule has 2 aromatic heterocycles. The zero-order valence-corrected chi connectivity index (χ0v) is 18.6. The molecule has 31 heavy (non-hydrogen) atoms. The Morgan fingerprint density at radius 3 is 2.65 bits per heavy atom. The lowest BCUT2D eigenvalue weighted by Gasteiger charge is -2.21. The highest BCUT2D eigenvalue weighted by atomic mass is 32.2. The monoisotopic (exact) mass is 441 g/mol. The second kappa shape index (κ2) is 10.2. The molecule has 8 heteroatoms. The van der Waals surface area contributed by atoms with Crippen molar-refractivity contribution in [1.82, 2.24) is 14.9 Å². The van der Waals surface area contributed by atoms with Crippen LogP contribution in [0.5, 0.6) is 0 Å². The first kappa shape index (κ1) is 21.7. The van der Waals surface area contributed by atoms with Gasteiger partial charge in [0.05, 0.1) is 0 Å². The van der Waals surface area contributed by atoms with Crippen molar-refractivity contribution in [1.29, 1.82) is 0 Å². The molecule has 0 aromatic carbocycles. The van der Waals surface area contributed by atoms with Crippen LogP contribution < -0.4 is 21.3 Å². The number of nitrogens with two attached hydrogens (primary N) is 1. The molecule has 0 bridgehead atoms. The van der Waals surface area contributed by atoms with E-state index < -0.39 is 0 Å². The Bertz CT molecular complexity index is 949. The van der Waals surface area contributed by atoms with Crippen LogP contribution in [0, 0.1) is 5.92 Å². The van der Waals surface area contributed by atoms with E-state index in [1.54, 1.807) is 28.8 Å². The second-order valence-electron chi connectivity index (χ2n) is 8.62. The summed E-state index contributed by atoms with van der Waals surface area (Å²) in [6.07, 6.45) is 10.3. The lowest BCUT2D eigenvalue weighted by molar-refractivity contribution is -0.121. The van der Waals surface area contributed by atoms with Crippen LogP contribution in [0.25, 0.3) is 0 Å². The van der Waals surface area contributed by atoms with Crippen molar-refractivity contribution in [2.75, 3.05) is 16.2 Å². The van der Waals surface area contributed by atoms with Crippen LogP contribution in [-0.4, -0.2) is 21.2 Å². The summed E-state index contributed by atoms with van der Waals surface area (Å²) in [6.45, 7) is 0.380. The fourth-order valence-corrected chi connectivity index (χ4v) is 5.06. The Labute approximate surface area is 187 Å². The van der Waals surface area contributed by atoms with E-state index >= 15 is 0 Å². The molecule has 0 saturated heterocycles. The Balaban J connectivity index is 1.38. The van der Waals surface area contributed by atoms with E-state index in [4.69, 9.17) is 5.73 Å². The van der Waals surface area contributed by atoms with Gasteiger partial charge in [-0.2, -0.15) is 0 Å². The van der Waals surface area contributed by atoms with E-state index in [1.807, 2.05) is 18.2 Å². The van der Waals surface area contributed by atoms with Crippen LogP contribution in [0.3, 0.4) is 0 Å². The Kier molecular flexibility index (Phi) is 7.17. The van der Waals surface area contributed by atoms with Gasteiger partial charge in [0.2, 0.25) is 5.91 Å². The van der Waals surface area contributed by atoms with E-state index in [1.165, 1.54) is 32.1 Å². The zero-order chi connectivity index (χ0) is 21.6. The maximum Gasteiger partial charge on any atom is 0.275 e. The minimum Gasteiger partial charge on any atom is -0.384 e. The predicted octanol–water partition coefficient (Wildman–Crippen LogP) is 3.66. The molecule has 2 aromatic rings. The quantitative estimate of drug-likeness (QED) is 0.513. The summed E-state index contributed by atoms with van der Waals surface area (Å²) in [4.78, 5) is 29.8. The number of nitrogens with one attached hydrogen (secondary N) is 2. The number of anilines is 2. The zero-order valence-electron chi connectivity index (χ0n) is 17.8. The predicted molar refractivity (Wildman–Crippen MR) is 126 cm³/mol. The van der Waals surface area contributed by atoms with Gasteiger partial charge in [-0.05, 0) is 61.3 Å². The van der Waals surface area contributed by atoms with Crippen molar-refractivity contribution < 1.29 is 4.79 Å². The maximum atomic E-state index is 13.1. The number of hydrogen-bond acceptors (Lipinski definition) is 6. The SMILES string of the molecule is Nc1ccc(CNC(=O)Cn2c(C3CC3)ccc(NSCC3CCCCC3)c2=O)cn1. The molecule has 2 aliphatic rings. The molecule has 0 spiro atoms. The Morgan fingerprint density at radius 2 is 1.94 bits per heavy atom. The van der Waals surface area contributed by atoms with Crippen molar-refractivity contribution in [3.8, 4) is 0 Å². The molecule has 0 aliphatic heterocycles. The smallest absolute Gasteiger partial charge is 0.275 e. The maximum absolute atomic E-state index is 13.1. The van der Waals surface area contributed by atoms with E-state index in [0.717, 1.165) is 35.8 Å². The van der Waals surface area contributed by atoms with Gasteiger partial charge in [-0.3, -0.25) is 9.59 Å². The molecular formula is C23H31N5O2S. The highest BCUT2D eigenvalue weighted by molar-refractivity contribution is 8.00. The fourth-order valence-electron chi connectivity index (χ4n) is 4.10. The average Bonchev–Trinajstić information content (AvgIpc) is 3.62. The highest BCUT2D eigenvalue weighted by Gasteiger charge is 2.28. The number of aromatic nitrogens is 2. The Morgan fingerprint density at radius 1 is 1.13 bits per heavy atom. The summed E-state index contributed by atoms with van der Waals surface area (Å²) >= 11 is 1.61. The highest BCUT2D eigenvalue weighted by Crippen LogP contribution is 2.39. The van der Waals surface area contributed by atoms with Gasteiger partial charge in [0.15, 0.2) is 0 Å². The van der Waals surface area contributed by atoms with E-state index in [2.05, 4.69) is 15.0 Å². The van der Waals surface area contributed by atoms with E-state index in [9.17, 15) is 9.59 Å². The summed E-state index contributed by atoms with van der Waals surface area (Å²) < 4.78 is 4.89. The van der Waals surface area contributed by atoms with Gasteiger partial charge in [-0.15, -0.1) is 0 Å². The molecular weight excluding hydrogens is 410 g/mol. The van der Waals surface area contributed by atoms with E-state index in [0.29, 0.717) is 24.0 Å². The third-order valence-corrected chi connectivity index (χ3v) is 7.07. The molecule has 0 atom stereocenters. The molecule has 0 unspecified atom stereocenters. The van der Waals surface area contributed by atoms with Crippen LogP contribution in [0.2, 0.25) is 0 Å². The standard InChI is InChI=1S/C23H31N5O2S/c24-21-11-6-17(12-25-21)13-26-22(29)14-28-20(18-7-8-18)10-9-19(23(28)30)27-31-15-16-4-2-1-3-5-16/h6,9-12,16,18,27H,1-5,7-8,13-15H2,(H2,24,25)(H,26,29). The van der Waals surface area contributed by atoms with Crippen LogP contribution in [0.1, 0.15) is 62.1 Å². The number of nitrogen functional groups attached to an aromatic ring is 1.